The van der Waals surface area contributed by atoms with Crippen LogP contribution in [0.3, 0.4) is 0 Å². The van der Waals surface area contributed by atoms with Gasteiger partial charge in [0.1, 0.15) is 11.2 Å². The molecule has 5 nitrogen and oxygen atoms in total. The van der Waals surface area contributed by atoms with Crippen molar-refractivity contribution in [1.29, 1.82) is 5.26 Å². The Morgan fingerprint density at radius 3 is 1.26 bits per heavy atom. The molecule has 112 heavy (non-hydrogen) atoms. The van der Waals surface area contributed by atoms with E-state index >= 15 is 0 Å². The Bertz CT molecular complexity index is 7360. The maximum atomic E-state index is 10.3. The van der Waals surface area contributed by atoms with Crippen molar-refractivity contribution in [3.63, 3.8) is 0 Å². The molecule has 6 heterocycles. The molecule has 520 valence electrons. The van der Waals surface area contributed by atoms with Gasteiger partial charge in [0, 0.05) is 139 Å². The number of nitrogens with zero attached hydrogens (tertiary/aromatic N) is 4. The first kappa shape index (κ1) is 64.2. The van der Waals surface area contributed by atoms with E-state index in [1.165, 1.54) is 66.0 Å². The van der Waals surface area contributed by atoms with Crippen molar-refractivity contribution < 1.29 is 4.42 Å². The number of fused-ring (bicyclic) bond motifs is 18. The van der Waals surface area contributed by atoms with Gasteiger partial charge in [-0.15, -0.1) is 34.0 Å². The molecule has 0 N–H and O–H groups in total. The number of nitriles is 1. The first-order valence-electron chi connectivity index (χ1n) is 37.9. The van der Waals surface area contributed by atoms with Crippen molar-refractivity contribution in [3.8, 4) is 72.8 Å². The monoisotopic (exact) mass is 1480 g/mol. The fourth-order valence-corrected chi connectivity index (χ4v) is 21.6. The van der Waals surface area contributed by atoms with E-state index < -0.39 is 0 Å². The molecule has 0 bridgehead atoms. The first-order valence-corrected chi connectivity index (χ1v) is 40.4. The zero-order chi connectivity index (χ0) is 73.6. The number of rotatable bonds is 11. The predicted molar refractivity (Wildman–Crippen MR) is 478 cm³/mol. The van der Waals surface area contributed by atoms with Gasteiger partial charge in [-0.1, -0.05) is 261 Å². The largest absolute Gasteiger partial charge is 0.455 e. The van der Waals surface area contributed by atoms with Crippen LogP contribution in [-0.4, -0.2) is 6.71 Å². The number of hydrogen-bond acceptors (Lipinski definition) is 8. The van der Waals surface area contributed by atoms with Gasteiger partial charge in [-0.2, -0.15) is 5.26 Å². The van der Waals surface area contributed by atoms with Crippen LogP contribution < -0.4 is 31.1 Å². The Morgan fingerprint density at radius 2 is 0.705 bits per heavy atom. The molecule has 2 aliphatic heterocycles. The predicted octanol–water partition coefficient (Wildman–Crippen LogP) is 28.1. The number of hydrogen-bond donors (Lipinski definition) is 0. The van der Waals surface area contributed by atoms with Crippen LogP contribution in [0.4, 0.5) is 51.2 Å². The minimum Gasteiger partial charge on any atom is -0.455 e. The molecule has 2 aliphatic rings. The Morgan fingerprint density at radius 1 is 0.286 bits per heavy atom. The van der Waals surface area contributed by atoms with Gasteiger partial charge in [-0.05, 0) is 165 Å². The van der Waals surface area contributed by atoms with Crippen LogP contribution in [0.5, 0.6) is 0 Å². The number of furan rings is 1. The maximum Gasteiger partial charge on any atom is 0.252 e. The lowest BCUT2D eigenvalue weighted by molar-refractivity contribution is 0.670. The van der Waals surface area contributed by atoms with E-state index in [0.29, 0.717) is 5.56 Å². The topological polar surface area (TPSA) is 46.7 Å². The highest BCUT2D eigenvalue weighted by Gasteiger charge is 2.46. The van der Waals surface area contributed by atoms with Gasteiger partial charge < -0.3 is 19.1 Å². The van der Waals surface area contributed by atoms with Crippen molar-refractivity contribution in [1.82, 2.24) is 0 Å². The fourth-order valence-electron chi connectivity index (χ4n) is 18.2. The van der Waals surface area contributed by atoms with Gasteiger partial charge in [0.15, 0.2) is 0 Å². The third-order valence-corrected chi connectivity index (χ3v) is 26.5. The lowest BCUT2D eigenvalue weighted by atomic mass is 9.33. The van der Waals surface area contributed by atoms with Crippen LogP contribution in [0.1, 0.15) is 5.56 Å². The van der Waals surface area contributed by atoms with Crippen LogP contribution in [-0.2, 0) is 0 Å². The van der Waals surface area contributed by atoms with E-state index in [0.717, 1.165) is 151 Å². The van der Waals surface area contributed by atoms with Gasteiger partial charge in [0.05, 0.1) is 23.0 Å². The molecule has 21 aromatic rings. The van der Waals surface area contributed by atoms with Crippen molar-refractivity contribution in [2.45, 2.75) is 0 Å². The lowest BCUT2D eigenvalue weighted by Crippen LogP contribution is -2.61. The zero-order valence-corrected chi connectivity index (χ0v) is 62.7. The molecule has 4 aromatic heterocycles. The van der Waals surface area contributed by atoms with Gasteiger partial charge in [0.2, 0.25) is 0 Å². The molecule has 23 rings (SSSR count). The summed E-state index contributed by atoms with van der Waals surface area (Å²) in [5, 5.41) is 20.2. The molecule has 0 saturated heterocycles. The molecule has 0 spiro atoms. The number of thiophene rings is 3. The average molecular weight is 1480 g/mol. The lowest BCUT2D eigenvalue weighted by Gasteiger charge is -2.46. The third kappa shape index (κ3) is 9.99. The normalized spacial score (nSPS) is 12.4. The summed E-state index contributed by atoms with van der Waals surface area (Å²) in [5.74, 6) is 0. The summed E-state index contributed by atoms with van der Waals surface area (Å²) in [5.41, 5.74) is 28.1. The SMILES string of the molecule is N#Cc1ccc(N(c2ccccc2)c2ccc3c(c2)N(c2c(-c4ccccc4)cccc2-c2ccccc2)c2cc(-c4ccc5c(c4)sc4ccc6sc7ccccc7c6c45)cc4c2B3c2ccc(-c3cccc5c3oc3ccc6sc7ccccc7c6c35)cc2N4c2c(-c3ccccc3)cccc2-c2ccccc2)cc1. The van der Waals surface area contributed by atoms with Crippen molar-refractivity contribution in [2.24, 2.45) is 0 Å². The summed E-state index contributed by atoms with van der Waals surface area (Å²) in [6, 6.07) is 139. The number of anilines is 9. The Hall–Kier alpha value is -13.8. The minimum absolute atomic E-state index is 0.331. The number of benzene rings is 17. The summed E-state index contributed by atoms with van der Waals surface area (Å²) in [4.78, 5) is 7.65. The summed E-state index contributed by atoms with van der Waals surface area (Å²) in [6.45, 7) is -0.331. The molecule has 0 fully saturated rings. The Labute approximate surface area is 658 Å². The molecule has 9 heteroatoms. The fraction of sp³-hybridized carbons (Fsp3) is 0. The second kappa shape index (κ2) is 25.6. The van der Waals surface area contributed by atoms with Gasteiger partial charge >= 0.3 is 0 Å². The Kier molecular flexibility index (Phi) is 14.7. The van der Waals surface area contributed by atoms with Gasteiger partial charge in [-0.3, -0.25) is 0 Å². The molecule has 0 atom stereocenters. The van der Waals surface area contributed by atoms with Crippen LogP contribution >= 0.6 is 34.0 Å². The number of para-hydroxylation sites is 4. The summed E-state index contributed by atoms with van der Waals surface area (Å²) >= 11 is 5.60. The van der Waals surface area contributed by atoms with Gasteiger partial charge in [0.25, 0.3) is 6.71 Å². The van der Waals surface area contributed by atoms with Crippen molar-refractivity contribution in [3.05, 3.63) is 376 Å². The molecule has 0 unspecified atom stereocenters. The van der Waals surface area contributed by atoms with E-state index in [2.05, 4.69) is 379 Å². The van der Waals surface area contributed by atoms with Crippen molar-refractivity contribution in [2.75, 3.05) is 14.7 Å². The maximum absolute atomic E-state index is 10.3. The highest BCUT2D eigenvalue weighted by atomic mass is 32.1. The van der Waals surface area contributed by atoms with Crippen molar-refractivity contribution >= 4 is 191 Å². The van der Waals surface area contributed by atoms with Crippen LogP contribution in [0.2, 0.25) is 0 Å². The standard InChI is InChI=1S/C103H61BN4OS3/c105-62-63-43-47-72(48-44-63)106(71-31-14-5-15-32-71)73-49-52-84-86(61-73)108(102-76(66-27-10-3-11-28-66)37-21-38-77(102)67-29-12-4-13-30-67)88-59-70(68-45-50-81-95(60-68)112-94-56-55-93-98(99(81)94)80-34-17-19-42-91(80)111-93)58-87-100(88)104(84)83-51-46-69(78-39-22-40-82-96-89(109-103(78)82)53-54-92-97(96)79-33-16-18-41-90(79)110-92)57-85(83)107(87)101-74(64-23-6-1-7-24-64)35-20-36-75(101)65-25-8-2-9-26-65/h1-61H. The molecule has 0 aliphatic carbocycles. The van der Waals surface area contributed by atoms with E-state index in [9.17, 15) is 5.26 Å². The van der Waals surface area contributed by atoms with E-state index in [-0.39, 0.29) is 6.71 Å². The molecule has 0 saturated carbocycles. The van der Waals surface area contributed by atoms with Crippen LogP contribution in [0, 0.1) is 11.3 Å². The molecule has 0 radical (unpaired) electrons. The Balaban J connectivity index is 0.869. The highest BCUT2D eigenvalue weighted by Crippen LogP contribution is 2.56. The minimum atomic E-state index is -0.331. The molecular weight excluding hydrogens is 1420 g/mol. The van der Waals surface area contributed by atoms with E-state index in [4.69, 9.17) is 4.42 Å². The van der Waals surface area contributed by atoms with E-state index in [1.54, 1.807) is 0 Å². The van der Waals surface area contributed by atoms with Crippen LogP contribution in [0.15, 0.2) is 374 Å². The molecule has 0 amide bonds. The average Bonchev–Trinajstić information content (AvgIpc) is 0.743. The second-order valence-electron chi connectivity index (χ2n) is 29.2. The highest BCUT2D eigenvalue weighted by molar-refractivity contribution is 7.28. The molecular formula is C103H61BN4OS3. The summed E-state index contributed by atoms with van der Waals surface area (Å²) < 4.78 is 14.9. The smallest absolute Gasteiger partial charge is 0.252 e. The molecule has 17 aromatic carbocycles. The zero-order valence-electron chi connectivity index (χ0n) is 60.2. The third-order valence-electron chi connectivity index (χ3n) is 23.1. The quantitative estimate of drug-likeness (QED) is 0.121. The summed E-state index contributed by atoms with van der Waals surface area (Å²) in [6.07, 6.45) is 0. The van der Waals surface area contributed by atoms with E-state index in [1.807, 2.05) is 46.1 Å². The summed E-state index contributed by atoms with van der Waals surface area (Å²) in [7, 11) is 0. The second-order valence-corrected chi connectivity index (χ2v) is 32.4. The first-order chi connectivity index (χ1) is 55.5. The van der Waals surface area contributed by atoms with Crippen LogP contribution in [0.25, 0.3) is 149 Å². The van der Waals surface area contributed by atoms with Gasteiger partial charge in [-0.25, -0.2) is 0 Å².